The Hall–Kier alpha value is -1.09. The van der Waals surface area contributed by atoms with Crippen molar-refractivity contribution in [3.63, 3.8) is 0 Å². The van der Waals surface area contributed by atoms with E-state index in [1.165, 1.54) is 34.8 Å². The van der Waals surface area contributed by atoms with Crippen molar-refractivity contribution in [1.82, 2.24) is 15.2 Å². The lowest BCUT2D eigenvalue weighted by Crippen LogP contribution is -2.39. The molecule has 0 bridgehead atoms. The summed E-state index contributed by atoms with van der Waals surface area (Å²) < 4.78 is 5.35. The van der Waals surface area contributed by atoms with E-state index in [4.69, 9.17) is 9.40 Å². The van der Waals surface area contributed by atoms with Gasteiger partial charge in [0, 0.05) is 31.9 Å². The second kappa shape index (κ2) is 9.41. The van der Waals surface area contributed by atoms with Gasteiger partial charge in [0.25, 0.3) is 0 Å². The lowest BCUT2D eigenvalue weighted by molar-refractivity contribution is 0.468. The van der Waals surface area contributed by atoms with Crippen LogP contribution in [0.3, 0.4) is 0 Å². The van der Waals surface area contributed by atoms with Gasteiger partial charge in [0.05, 0.1) is 18.5 Å². The van der Waals surface area contributed by atoms with E-state index >= 15 is 0 Å². The van der Waals surface area contributed by atoms with Gasteiger partial charge < -0.3 is 14.6 Å². The monoisotopic (exact) mass is 460 g/mol. The first-order valence-corrected chi connectivity index (χ1v) is 8.99. The fraction of sp³-hybridized carbons (Fsp3) is 0.529. The van der Waals surface area contributed by atoms with E-state index in [0.29, 0.717) is 0 Å². The number of fused-ring (bicyclic) bond motifs is 1. The number of aliphatic imine (C=N–C) groups is 1. The number of thiazole rings is 1. The highest BCUT2D eigenvalue weighted by Gasteiger charge is 2.16. The van der Waals surface area contributed by atoms with E-state index < -0.39 is 0 Å². The van der Waals surface area contributed by atoms with Crippen LogP contribution < -0.4 is 5.32 Å². The SMILES string of the molecule is CN=C(NCCc1ccco1)N(C)Cc1nc2c(s1)CCCC2.I. The van der Waals surface area contributed by atoms with Gasteiger partial charge in [-0.2, -0.15) is 0 Å². The molecule has 0 unspecified atom stereocenters. The van der Waals surface area contributed by atoms with Gasteiger partial charge in [-0.15, -0.1) is 35.3 Å². The number of aromatic nitrogens is 1. The molecule has 1 aliphatic carbocycles. The van der Waals surface area contributed by atoms with Gasteiger partial charge >= 0.3 is 0 Å². The number of hydrogen-bond donors (Lipinski definition) is 1. The predicted molar refractivity (Wildman–Crippen MR) is 109 cm³/mol. The van der Waals surface area contributed by atoms with Crippen LogP contribution in [0, 0.1) is 0 Å². The van der Waals surface area contributed by atoms with Crippen molar-refractivity contribution in [3.05, 3.63) is 39.7 Å². The van der Waals surface area contributed by atoms with Gasteiger partial charge in [-0.1, -0.05) is 0 Å². The van der Waals surface area contributed by atoms with Gasteiger partial charge in [-0.05, 0) is 37.8 Å². The van der Waals surface area contributed by atoms with Gasteiger partial charge in [-0.25, -0.2) is 4.98 Å². The second-order valence-corrected chi connectivity index (χ2v) is 7.01. The lowest BCUT2D eigenvalue weighted by atomic mass is 10.0. The van der Waals surface area contributed by atoms with E-state index in [0.717, 1.165) is 37.7 Å². The van der Waals surface area contributed by atoms with Gasteiger partial charge in [0.2, 0.25) is 0 Å². The Balaban J connectivity index is 0.00000208. The first-order valence-electron chi connectivity index (χ1n) is 8.18. The van der Waals surface area contributed by atoms with E-state index in [2.05, 4.69) is 22.3 Å². The minimum atomic E-state index is 0. The Bertz CT molecular complexity index is 630. The van der Waals surface area contributed by atoms with Crippen LogP contribution in [0.2, 0.25) is 0 Å². The summed E-state index contributed by atoms with van der Waals surface area (Å²) in [6.45, 7) is 1.61. The molecule has 2 aromatic rings. The molecule has 5 nitrogen and oxygen atoms in total. The third-order valence-electron chi connectivity index (χ3n) is 4.07. The maximum atomic E-state index is 5.35. The van der Waals surface area contributed by atoms with Crippen molar-refractivity contribution in [2.75, 3.05) is 20.6 Å². The molecule has 2 heterocycles. The summed E-state index contributed by atoms with van der Waals surface area (Å²) >= 11 is 1.86. The van der Waals surface area contributed by atoms with Crippen LogP contribution in [0.25, 0.3) is 0 Å². The Labute approximate surface area is 164 Å². The summed E-state index contributed by atoms with van der Waals surface area (Å²) in [6.07, 6.45) is 7.49. The molecule has 7 heteroatoms. The van der Waals surface area contributed by atoms with Crippen molar-refractivity contribution >= 4 is 41.3 Å². The van der Waals surface area contributed by atoms with Crippen LogP contribution in [0.15, 0.2) is 27.8 Å². The molecule has 3 rings (SSSR count). The van der Waals surface area contributed by atoms with Crippen LogP contribution in [0.1, 0.15) is 34.2 Å². The van der Waals surface area contributed by atoms with Crippen molar-refractivity contribution in [1.29, 1.82) is 0 Å². The Morgan fingerprint density at radius 1 is 1.42 bits per heavy atom. The number of aryl methyl sites for hydroxylation is 2. The normalized spacial score (nSPS) is 14.0. The number of nitrogens with one attached hydrogen (secondary N) is 1. The topological polar surface area (TPSA) is 53.7 Å². The lowest BCUT2D eigenvalue weighted by Gasteiger charge is -2.20. The maximum absolute atomic E-state index is 5.35. The molecule has 0 aromatic carbocycles. The molecule has 2 aromatic heterocycles. The smallest absolute Gasteiger partial charge is 0.193 e. The zero-order valence-electron chi connectivity index (χ0n) is 14.2. The molecule has 1 aliphatic rings. The molecule has 0 saturated carbocycles. The van der Waals surface area contributed by atoms with Crippen molar-refractivity contribution < 1.29 is 4.42 Å². The number of nitrogens with zero attached hydrogens (tertiary/aromatic N) is 3. The van der Waals surface area contributed by atoms with Crippen LogP contribution in [-0.4, -0.2) is 36.5 Å². The molecule has 24 heavy (non-hydrogen) atoms. The quantitative estimate of drug-likeness (QED) is 0.422. The van der Waals surface area contributed by atoms with E-state index in [1.54, 1.807) is 6.26 Å². The first-order chi connectivity index (χ1) is 11.3. The summed E-state index contributed by atoms with van der Waals surface area (Å²) in [7, 11) is 3.88. The number of furan rings is 1. The third kappa shape index (κ3) is 4.95. The molecule has 1 N–H and O–H groups in total. The van der Waals surface area contributed by atoms with Crippen LogP contribution in [0.5, 0.6) is 0 Å². The predicted octanol–water partition coefficient (Wildman–Crippen LogP) is 3.48. The highest BCUT2D eigenvalue weighted by atomic mass is 127. The van der Waals surface area contributed by atoms with Crippen LogP contribution in [0.4, 0.5) is 0 Å². The molecule has 0 atom stereocenters. The second-order valence-electron chi connectivity index (χ2n) is 5.84. The fourth-order valence-electron chi connectivity index (χ4n) is 2.89. The van der Waals surface area contributed by atoms with E-state index in [1.807, 2.05) is 30.5 Å². The summed E-state index contributed by atoms with van der Waals surface area (Å²) in [5, 5.41) is 4.57. The van der Waals surface area contributed by atoms with Crippen molar-refractivity contribution in [2.24, 2.45) is 4.99 Å². The van der Waals surface area contributed by atoms with Crippen LogP contribution in [-0.2, 0) is 25.8 Å². The Kier molecular flexibility index (Phi) is 7.54. The molecular weight excluding hydrogens is 435 g/mol. The summed E-state index contributed by atoms with van der Waals surface area (Å²) in [4.78, 5) is 12.8. The minimum Gasteiger partial charge on any atom is -0.469 e. The zero-order chi connectivity index (χ0) is 16.1. The first kappa shape index (κ1) is 19.2. The fourth-order valence-corrected chi connectivity index (χ4v) is 4.10. The van der Waals surface area contributed by atoms with Crippen LogP contribution >= 0.6 is 35.3 Å². The van der Waals surface area contributed by atoms with E-state index in [9.17, 15) is 0 Å². The molecule has 0 fully saturated rings. The van der Waals surface area contributed by atoms with Gasteiger partial charge in [-0.3, -0.25) is 4.99 Å². The van der Waals surface area contributed by atoms with Gasteiger partial charge in [0.1, 0.15) is 10.8 Å². The Morgan fingerprint density at radius 3 is 2.96 bits per heavy atom. The van der Waals surface area contributed by atoms with E-state index in [-0.39, 0.29) is 24.0 Å². The number of guanidine groups is 1. The molecule has 0 amide bonds. The highest BCUT2D eigenvalue weighted by Crippen LogP contribution is 2.27. The van der Waals surface area contributed by atoms with Crippen molar-refractivity contribution in [3.8, 4) is 0 Å². The minimum absolute atomic E-state index is 0. The molecule has 0 aliphatic heterocycles. The Morgan fingerprint density at radius 2 is 2.25 bits per heavy atom. The molecule has 132 valence electrons. The molecule has 0 spiro atoms. The molecule has 0 radical (unpaired) electrons. The summed E-state index contributed by atoms with van der Waals surface area (Å²) in [5.41, 5.74) is 1.32. The average molecular weight is 460 g/mol. The highest BCUT2D eigenvalue weighted by molar-refractivity contribution is 14.0. The zero-order valence-corrected chi connectivity index (χ0v) is 17.4. The number of halogens is 1. The summed E-state index contributed by atoms with van der Waals surface area (Å²) in [5.74, 6) is 1.88. The average Bonchev–Trinajstić information content (AvgIpc) is 3.20. The molecule has 0 saturated heterocycles. The maximum Gasteiger partial charge on any atom is 0.193 e. The molecular formula is C17H25IN4OS. The van der Waals surface area contributed by atoms with Gasteiger partial charge in [0.15, 0.2) is 5.96 Å². The third-order valence-corrected chi connectivity index (χ3v) is 5.21. The number of rotatable bonds is 5. The standard InChI is InChI=1S/C17H24N4OS.HI/c1-18-17(19-10-9-13-6-5-11-22-13)21(2)12-16-20-14-7-3-4-8-15(14)23-16;/h5-6,11H,3-4,7-10,12H2,1-2H3,(H,18,19);1H. The largest absolute Gasteiger partial charge is 0.469 e. The number of hydrogen-bond acceptors (Lipinski definition) is 4. The van der Waals surface area contributed by atoms with Crippen molar-refractivity contribution in [2.45, 2.75) is 38.6 Å². The summed E-state index contributed by atoms with van der Waals surface area (Å²) in [6, 6.07) is 3.91.